The van der Waals surface area contributed by atoms with Crippen molar-refractivity contribution in [3.63, 3.8) is 0 Å². The van der Waals surface area contributed by atoms with Gasteiger partial charge in [-0.1, -0.05) is 36.4 Å². The fourth-order valence-electron chi connectivity index (χ4n) is 4.33. The van der Waals surface area contributed by atoms with Gasteiger partial charge in [0.1, 0.15) is 5.82 Å². The average molecular weight is 493 g/mol. The van der Waals surface area contributed by atoms with E-state index in [-0.39, 0.29) is 17.2 Å². The highest BCUT2D eigenvalue weighted by molar-refractivity contribution is 6.04. The number of amides is 1. The maximum absolute atomic E-state index is 13.6. The molecule has 0 atom stereocenters. The van der Waals surface area contributed by atoms with Gasteiger partial charge in [-0.3, -0.25) is 9.59 Å². The van der Waals surface area contributed by atoms with Crippen molar-refractivity contribution in [2.24, 2.45) is 0 Å². The van der Waals surface area contributed by atoms with E-state index in [2.05, 4.69) is 10.1 Å². The molecule has 5 rings (SSSR count). The van der Waals surface area contributed by atoms with Crippen molar-refractivity contribution in [1.29, 1.82) is 0 Å². The van der Waals surface area contributed by atoms with Crippen LogP contribution in [-0.2, 0) is 6.18 Å². The van der Waals surface area contributed by atoms with E-state index in [1.54, 1.807) is 53.4 Å². The number of fused-ring (bicyclic) bond motifs is 1. The fraction of sp³-hybridized carbons (Fsp3) is 0.231. The number of rotatable bonds is 3. The highest BCUT2D eigenvalue weighted by atomic mass is 19.4. The van der Waals surface area contributed by atoms with Crippen LogP contribution >= 0.6 is 0 Å². The van der Waals surface area contributed by atoms with Crippen LogP contribution in [-0.4, -0.2) is 51.8 Å². The van der Waals surface area contributed by atoms with E-state index >= 15 is 0 Å². The van der Waals surface area contributed by atoms with Crippen LogP contribution < -0.4 is 10.5 Å². The summed E-state index contributed by atoms with van der Waals surface area (Å²) < 4.78 is 39.9. The van der Waals surface area contributed by atoms with Gasteiger partial charge < -0.3 is 9.80 Å². The molecule has 0 radical (unpaired) electrons. The molecule has 1 amide bonds. The summed E-state index contributed by atoms with van der Waals surface area (Å²) in [5, 5.41) is 5.34. The molecule has 1 saturated heterocycles. The Bertz CT molecular complexity index is 1450. The number of halogens is 3. The lowest BCUT2D eigenvalue weighted by Gasteiger charge is -2.23. The number of para-hydroxylation sites is 1. The predicted molar refractivity (Wildman–Crippen MR) is 129 cm³/mol. The van der Waals surface area contributed by atoms with E-state index < -0.39 is 11.7 Å². The van der Waals surface area contributed by atoms with Crippen molar-refractivity contribution in [2.75, 3.05) is 31.1 Å². The van der Waals surface area contributed by atoms with Crippen molar-refractivity contribution >= 4 is 22.5 Å². The average Bonchev–Trinajstić information content (AvgIpc) is 3.15. The highest BCUT2D eigenvalue weighted by Gasteiger charge is 2.31. The van der Waals surface area contributed by atoms with Gasteiger partial charge in [0, 0.05) is 37.8 Å². The lowest BCUT2D eigenvalue weighted by molar-refractivity contribution is -0.137. The number of benzene rings is 2. The number of hydrogen-bond donors (Lipinski definition) is 0. The van der Waals surface area contributed by atoms with Crippen molar-refractivity contribution in [2.45, 2.75) is 12.6 Å². The molecule has 1 aliphatic heterocycles. The molecule has 7 nitrogen and oxygen atoms in total. The van der Waals surface area contributed by atoms with E-state index in [0.717, 1.165) is 12.3 Å². The van der Waals surface area contributed by atoms with Crippen LogP contribution in [0.15, 0.2) is 77.7 Å². The first-order valence-corrected chi connectivity index (χ1v) is 11.5. The molecule has 2 aromatic heterocycles. The minimum atomic E-state index is -4.44. The number of carbonyl (C=O) groups is 1. The summed E-state index contributed by atoms with van der Waals surface area (Å²) in [5.41, 5.74) is -0.388. The lowest BCUT2D eigenvalue weighted by atomic mass is 10.1. The third-order valence-electron chi connectivity index (χ3n) is 6.19. The highest BCUT2D eigenvalue weighted by Crippen LogP contribution is 2.29. The summed E-state index contributed by atoms with van der Waals surface area (Å²) in [6.45, 7) is 1.72. The molecule has 4 aromatic rings. The van der Waals surface area contributed by atoms with Gasteiger partial charge in [-0.05, 0) is 36.8 Å². The Labute approximate surface area is 204 Å². The van der Waals surface area contributed by atoms with E-state index in [9.17, 15) is 22.8 Å². The Morgan fingerprint density at radius 3 is 2.25 bits per heavy atom. The van der Waals surface area contributed by atoms with Crippen LogP contribution in [0.3, 0.4) is 0 Å². The Hall–Kier alpha value is -4.21. The SMILES string of the molecule is O=C(c1nn(-c2ccccc2)c(=O)c2ccccc12)N1CCCN(c2ccc(C(F)(F)F)cn2)CC1. The quantitative estimate of drug-likeness (QED) is 0.429. The standard InChI is InChI=1S/C26H22F3N5O2/c27-26(28,29)18-11-12-22(30-17-18)32-13-6-14-33(16-15-32)25(36)23-20-9-4-5-10-21(20)24(35)34(31-23)19-7-2-1-3-8-19/h1-5,7-12,17H,6,13-16H2. The summed E-state index contributed by atoms with van der Waals surface area (Å²) in [7, 11) is 0. The topological polar surface area (TPSA) is 71.3 Å². The summed E-state index contributed by atoms with van der Waals surface area (Å²) in [4.78, 5) is 34.3. The number of aromatic nitrogens is 3. The molecule has 36 heavy (non-hydrogen) atoms. The molecule has 0 bridgehead atoms. The molecule has 2 aromatic carbocycles. The summed E-state index contributed by atoms with van der Waals surface area (Å²) in [6.07, 6.45) is -3.02. The second-order valence-electron chi connectivity index (χ2n) is 8.48. The predicted octanol–water partition coefficient (Wildman–Crippen LogP) is 4.15. The first-order valence-electron chi connectivity index (χ1n) is 11.5. The Balaban J connectivity index is 1.43. The molecule has 0 spiro atoms. The van der Waals surface area contributed by atoms with Gasteiger partial charge in [-0.25, -0.2) is 4.98 Å². The molecular weight excluding hydrogens is 471 g/mol. The molecule has 184 valence electrons. The van der Waals surface area contributed by atoms with Crippen LogP contribution in [0.25, 0.3) is 16.5 Å². The number of hydrogen-bond acceptors (Lipinski definition) is 5. The summed E-state index contributed by atoms with van der Waals surface area (Å²) in [6, 6.07) is 18.2. The molecule has 1 aliphatic rings. The first-order chi connectivity index (χ1) is 17.3. The molecule has 0 unspecified atom stereocenters. The third-order valence-corrected chi connectivity index (χ3v) is 6.19. The largest absolute Gasteiger partial charge is 0.417 e. The first kappa shape index (κ1) is 23.5. The second kappa shape index (κ2) is 9.44. The maximum atomic E-state index is 13.6. The monoisotopic (exact) mass is 493 g/mol. The van der Waals surface area contributed by atoms with Crippen molar-refractivity contribution in [1.82, 2.24) is 19.7 Å². The van der Waals surface area contributed by atoms with Gasteiger partial charge in [0.05, 0.1) is 16.6 Å². The number of pyridine rings is 1. The molecule has 1 fully saturated rings. The van der Waals surface area contributed by atoms with E-state index in [0.29, 0.717) is 54.9 Å². The van der Waals surface area contributed by atoms with Gasteiger partial charge in [0.15, 0.2) is 5.69 Å². The third kappa shape index (κ3) is 4.53. The van der Waals surface area contributed by atoms with Gasteiger partial charge >= 0.3 is 6.18 Å². The molecule has 0 aliphatic carbocycles. The Morgan fingerprint density at radius 1 is 0.833 bits per heavy atom. The molecule has 10 heteroatoms. The lowest BCUT2D eigenvalue weighted by Crippen LogP contribution is -2.37. The molecular formula is C26H22F3N5O2. The summed E-state index contributed by atoms with van der Waals surface area (Å²) in [5.74, 6) is 0.122. The summed E-state index contributed by atoms with van der Waals surface area (Å²) >= 11 is 0. The van der Waals surface area contributed by atoms with Crippen molar-refractivity contribution in [3.05, 3.63) is 94.5 Å². The second-order valence-corrected chi connectivity index (χ2v) is 8.48. The van der Waals surface area contributed by atoms with Crippen molar-refractivity contribution < 1.29 is 18.0 Å². The zero-order valence-corrected chi connectivity index (χ0v) is 19.2. The fourth-order valence-corrected chi connectivity index (χ4v) is 4.33. The number of nitrogens with zero attached hydrogens (tertiary/aromatic N) is 5. The van der Waals surface area contributed by atoms with Crippen molar-refractivity contribution in [3.8, 4) is 5.69 Å². The number of carbonyl (C=O) groups excluding carboxylic acids is 1. The zero-order valence-electron chi connectivity index (χ0n) is 19.2. The zero-order chi connectivity index (χ0) is 25.3. The van der Waals surface area contributed by atoms with Gasteiger partial charge in [0.2, 0.25) is 0 Å². The Morgan fingerprint density at radius 2 is 1.56 bits per heavy atom. The van der Waals surface area contributed by atoms with E-state index in [4.69, 9.17) is 0 Å². The van der Waals surface area contributed by atoms with E-state index in [1.807, 2.05) is 11.0 Å². The molecule has 3 heterocycles. The maximum Gasteiger partial charge on any atom is 0.417 e. The van der Waals surface area contributed by atoms with Crippen LogP contribution in [0.5, 0.6) is 0 Å². The number of alkyl halides is 3. The van der Waals surface area contributed by atoms with Crippen LogP contribution in [0.1, 0.15) is 22.5 Å². The van der Waals surface area contributed by atoms with Gasteiger partial charge in [0.25, 0.3) is 11.5 Å². The number of anilines is 1. The molecule has 0 saturated carbocycles. The van der Waals surface area contributed by atoms with Crippen LogP contribution in [0.4, 0.5) is 19.0 Å². The Kier molecular flexibility index (Phi) is 6.17. The van der Waals surface area contributed by atoms with Gasteiger partial charge in [-0.15, -0.1) is 0 Å². The van der Waals surface area contributed by atoms with Gasteiger partial charge in [-0.2, -0.15) is 23.0 Å². The minimum absolute atomic E-state index is 0.176. The molecule has 0 N–H and O–H groups in total. The van der Waals surface area contributed by atoms with E-state index in [1.165, 1.54) is 10.7 Å². The smallest absolute Gasteiger partial charge is 0.355 e. The van der Waals surface area contributed by atoms with Crippen LogP contribution in [0, 0.1) is 0 Å². The van der Waals surface area contributed by atoms with Crippen LogP contribution in [0.2, 0.25) is 0 Å². The minimum Gasteiger partial charge on any atom is -0.355 e. The normalized spacial score (nSPS) is 14.6.